The zero-order valence-corrected chi connectivity index (χ0v) is 14.9. The van der Waals surface area contributed by atoms with Gasteiger partial charge in [0.25, 0.3) is 0 Å². The summed E-state index contributed by atoms with van der Waals surface area (Å²) in [5.41, 5.74) is 2.49. The molecule has 0 spiro atoms. The van der Waals surface area contributed by atoms with E-state index >= 15 is 0 Å². The minimum atomic E-state index is 0.207. The Morgan fingerprint density at radius 3 is 2.48 bits per heavy atom. The molecule has 0 aliphatic heterocycles. The monoisotopic (exact) mass is 320 g/mol. The van der Waals surface area contributed by atoms with E-state index in [1.54, 1.807) is 23.1 Å². The topological polar surface area (TPSA) is 24.9 Å². The van der Waals surface area contributed by atoms with Gasteiger partial charge in [-0.1, -0.05) is 32.9 Å². The zero-order chi connectivity index (χ0) is 15.2. The van der Waals surface area contributed by atoms with Crippen molar-refractivity contribution in [1.82, 2.24) is 10.3 Å². The molecule has 0 aliphatic carbocycles. The Labute approximate surface area is 136 Å². The van der Waals surface area contributed by atoms with Crippen LogP contribution in [-0.2, 0) is 0 Å². The van der Waals surface area contributed by atoms with Gasteiger partial charge in [-0.2, -0.15) is 0 Å². The molecule has 0 saturated carbocycles. The Kier molecular flexibility index (Phi) is 6.27. The maximum Gasteiger partial charge on any atom is 0.114 e. The fourth-order valence-electron chi connectivity index (χ4n) is 2.13. The quantitative estimate of drug-likeness (QED) is 0.720. The van der Waals surface area contributed by atoms with Gasteiger partial charge < -0.3 is 5.32 Å². The van der Waals surface area contributed by atoms with Crippen molar-refractivity contribution >= 4 is 23.1 Å². The Balaban J connectivity index is 2.27. The molecule has 1 unspecified atom stereocenters. The molecule has 0 radical (unpaired) electrons. The molecule has 2 nitrogen and oxygen atoms in total. The van der Waals surface area contributed by atoms with Crippen LogP contribution in [0.15, 0.2) is 34.5 Å². The maximum atomic E-state index is 4.83. The van der Waals surface area contributed by atoms with Crippen LogP contribution in [-0.4, -0.2) is 17.8 Å². The van der Waals surface area contributed by atoms with Gasteiger partial charge in [-0.05, 0) is 42.8 Å². The smallest absolute Gasteiger partial charge is 0.114 e. The van der Waals surface area contributed by atoms with Crippen molar-refractivity contribution in [3.05, 3.63) is 45.9 Å². The predicted octanol–water partition coefficient (Wildman–Crippen LogP) is 5.08. The summed E-state index contributed by atoms with van der Waals surface area (Å²) in [6, 6.07) is 9.03. The zero-order valence-electron chi connectivity index (χ0n) is 13.2. The third-order valence-corrected chi connectivity index (χ3v) is 5.10. The molecule has 0 aliphatic rings. The summed E-state index contributed by atoms with van der Waals surface area (Å²) < 4.78 is 0. The van der Waals surface area contributed by atoms with Gasteiger partial charge in [0, 0.05) is 10.3 Å². The van der Waals surface area contributed by atoms with E-state index in [2.05, 4.69) is 62.0 Å². The highest BCUT2D eigenvalue weighted by molar-refractivity contribution is 7.98. The fourth-order valence-corrected chi connectivity index (χ4v) is 3.62. The number of thioether (sulfide) groups is 1. The first kappa shape index (κ1) is 16.5. The van der Waals surface area contributed by atoms with Crippen LogP contribution in [0.1, 0.15) is 55.4 Å². The second kappa shape index (κ2) is 7.97. The van der Waals surface area contributed by atoms with E-state index in [4.69, 9.17) is 4.98 Å². The number of hydrogen-bond donors (Lipinski definition) is 1. The van der Waals surface area contributed by atoms with Crippen molar-refractivity contribution in [2.24, 2.45) is 0 Å². The lowest BCUT2D eigenvalue weighted by atomic mass is 10.1. The minimum absolute atomic E-state index is 0.207. The van der Waals surface area contributed by atoms with Crippen LogP contribution in [0, 0.1) is 0 Å². The van der Waals surface area contributed by atoms with Crippen LogP contribution in [0.4, 0.5) is 0 Å². The largest absolute Gasteiger partial charge is 0.304 e. The number of hydrogen-bond acceptors (Lipinski definition) is 4. The van der Waals surface area contributed by atoms with Crippen molar-refractivity contribution in [1.29, 1.82) is 0 Å². The molecule has 1 heterocycles. The first-order chi connectivity index (χ1) is 10.2. The summed E-state index contributed by atoms with van der Waals surface area (Å²) in [5, 5.41) is 6.99. The fraction of sp³-hybridized carbons (Fsp3) is 0.471. The average molecular weight is 321 g/mol. The second-order valence-corrected chi connectivity index (χ2v) is 7.19. The summed E-state index contributed by atoms with van der Waals surface area (Å²) in [7, 11) is 0. The summed E-state index contributed by atoms with van der Waals surface area (Å²) in [5.74, 6) is 0.487. The maximum absolute atomic E-state index is 4.83. The van der Waals surface area contributed by atoms with Crippen molar-refractivity contribution in [3.63, 3.8) is 0 Å². The van der Waals surface area contributed by atoms with Gasteiger partial charge in [-0.3, -0.25) is 0 Å². The first-order valence-corrected chi connectivity index (χ1v) is 9.58. The van der Waals surface area contributed by atoms with Gasteiger partial charge in [0.15, 0.2) is 0 Å². The first-order valence-electron chi connectivity index (χ1n) is 7.48. The highest BCUT2D eigenvalue weighted by Gasteiger charge is 2.18. The molecule has 1 atom stereocenters. The molecule has 1 aromatic heterocycles. The molecular weight excluding hydrogens is 296 g/mol. The van der Waals surface area contributed by atoms with Gasteiger partial charge in [0.1, 0.15) is 5.01 Å². The van der Waals surface area contributed by atoms with Gasteiger partial charge in [-0.15, -0.1) is 23.1 Å². The minimum Gasteiger partial charge on any atom is -0.304 e. The Bertz CT molecular complexity index is 546. The third kappa shape index (κ3) is 4.31. The molecular formula is C17H24N2S2. The van der Waals surface area contributed by atoms with Gasteiger partial charge in [0.05, 0.1) is 11.7 Å². The summed E-state index contributed by atoms with van der Waals surface area (Å²) in [4.78, 5) is 6.13. The average Bonchev–Trinajstić information content (AvgIpc) is 2.98. The number of nitrogens with one attached hydrogen (secondary N) is 1. The number of nitrogens with zero attached hydrogens (tertiary/aromatic N) is 1. The Hall–Kier alpha value is -0.840. The van der Waals surface area contributed by atoms with Crippen molar-refractivity contribution in [2.75, 3.05) is 12.8 Å². The summed E-state index contributed by atoms with van der Waals surface area (Å²) >= 11 is 3.54. The van der Waals surface area contributed by atoms with E-state index in [1.807, 2.05) is 0 Å². The summed E-state index contributed by atoms with van der Waals surface area (Å²) in [6.45, 7) is 7.59. The Morgan fingerprint density at radius 2 is 1.95 bits per heavy atom. The van der Waals surface area contributed by atoms with Gasteiger partial charge in [-0.25, -0.2) is 4.98 Å². The Morgan fingerprint density at radius 1 is 1.24 bits per heavy atom. The molecule has 2 rings (SSSR count). The van der Waals surface area contributed by atoms with Crippen LogP contribution < -0.4 is 5.32 Å². The van der Waals surface area contributed by atoms with Crippen LogP contribution in [0.2, 0.25) is 0 Å². The lowest BCUT2D eigenvalue weighted by Crippen LogP contribution is -2.23. The molecule has 1 N–H and O–H groups in total. The highest BCUT2D eigenvalue weighted by atomic mass is 32.2. The normalized spacial score (nSPS) is 12.8. The van der Waals surface area contributed by atoms with E-state index in [1.165, 1.54) is 21.2 Å². The molecule has 114 valence electrons. The van der Waals surface area contributed by atoms with Gasteiger partial charge >= 0.3 is 0 Å². The molecule has 21 heavy (non-hydrogen) atoms. The molecule has 4 heteroatoms. The van der Waals surface area contributed by atoms with Gasteiger partial charge in [0.2, 0.25) is 0 Å². The lowest BCUT2D eigenvalue weighted by Gasteiger charge is -2.17. The van der Waals surface area contributed by atoms with Crippen molar-refractivity contribution < 1.29 is 0 Å². The molecule has 0 saturated heterocycles. The summed E-state index contributed by atoms with van der Waals surface area (Å²) in [6.07, 6.45) is 3.24. The van der Waals surface area contributed by atoms with E-state index in [0.29, 0.717) is 5.92 Å². The van der Waals surface area contributed by atoms with Crippen LogP contribution in [0.3, 0.4) is 0 Å². The van der Waals surface area contributed by atoms with Crippen molar-refractivity contribution in [3.8, 4) is 0 Å². The van der Waals surface area contributed by atoms with Crippen LogP contribution in [0.25, 0.3) is 0 Å². The van der Waals surface area contributed by atoms with E-state index in [0.717, 1.165) is 13.0 Å². The van der Waals surface area contributed by atoms with E-state index in [9.17, 15) is 0 Å². The van der Waals surface area contributed by atoms with Crippen LogP contribution >= 0.6 is 23.1 Å². The number of aromatic nitrogens is 1. The van der Waals surface area contributed by atoms with E-state index in [-0.39, 0.29) is 6.04 Å². The SMILES string of the molecule is CCCNC(c1ccc(SC)cc1)c1nc(C(C)C)cs1. The highest BCUT2D eigenvalue weighted by Crippen LogP contribution is 2.28. The molecule has 0 fully saturated rings. The molecule has 1 aromatic carbocycles. The third-order valence-electron chi connectivity index (χ3n) is 3.43. The standard InChI is InChI=1S/C17H24N2S2/c1-5-10-18-16(13-6-8-14(20-4)9-7-13)17-19-15(11-21-17)12(2)3/h6-9,11-12,16,18H,5,10H2,1-4H3. The molecule has 0 amide bonds. The molecule has 0 bridgehead atoms. The van der Waals surface area contributed by atoms with Crippen molar-refractivity contribution in [2.45, 2.75) is 44.0 Å². The van der Waals surface area contributed by atoms with Crippen LogP contribution in [0.5, 0.6) is 0 Å². The van der Waals surface area contributed by atoms with E-state index < -0.39 is 0 Å². The second-order valence-electron chi connectivity index (χ2n) is 5.43. The number of rotatable bonds is 7. The lowest BCUT2D eigenvalue weighted by molar-refractivity contribution is 0.593. The number of thiazole rings is 1. The number of benzene rings is 1. The predicted molar refractivity (Wildman–Crippen MR) is 94.6 cm³/mol. The molecule has 2 aromatic rings.